The van der Waals surface area contributed by atoms with Crippen LogP contribution in [0.15, 0.2) is 9.72 Å². The van der Waals surface area contributed by atoms with E-state index in [0.29, 0.717) is 11.3 Å². The summed E-state index contributed by atoms with van der Waals surface area (Å²) < 4.78 is 1.19. The average Bonchev–Trinajstić information content (AvgIpc) is 2.67. The second-order valence-electron chi connectivity index (χ2n) is 5.39. The molecule has 0 amide bonds. The number of nitrogens with zero attached hydrogens (tertiary/aromatic N) is 1. The summed E-state index contributed by atoms with van der Waals surface area (Å²) in [4.78, 5) is 4.54. The van der Waals surface area contributed by atoms with E-state index in [1.54, 1.807) is 11.3 Å². The van der Waals surface area contributed by atoms with Crippen molar-refractivity contribution in [2.45, 2.75) is 55.7 Å². The van der Waals surface area contributed by atoms with Crippen LogP contribution in [0.1, 0.15) is 38.8 Å². The van der Waals surface area contributed by atoms with Crippen molar-refractivity contribution in [1.82, 2.24) is 4.98 Å². The van der Waals surface area contributed by atoms with E-state index in [2.05, 4.69) is 31.1 Å². The molecule has 1 aliphatic rings. The maximum absolute atomic E-state index is 6.25. The molecule has 2 N–H and O–H groups in total. The standard InChI is InChI=1S/C13H22N2S2/c1-8(2)10-4-5-11(14)12(6-10)17-13-15-9(3)7-16-13/h7-8,10-12H,4-6,14H2,1-3H3. The number of hydrogen-bond donors (Lipinski definition) is 1. The smallest absolute Gasteiger partial charge is 0.150 e. The van der Waals surface area contributed by atoms with Crippen LogP contribution < -0.4 is 5.73 Å². The molecule has 1 aromatic heterocycles. The molecule has 17 heavy (non-hydrogen) atoms. The maximum atomic E-state index is 6.25. The monoisotopic (exact) mass is 270 g/mol. The lowest BCUT2D eigenvalue weighted by molar-refractivity contribution is 0.266. The Kier molecular flexibility index (Phi) is 4.50. The number of thioether (sulfide) groups is 1. The number of hydrogen-bond acceptors (Lipinski definition) is 4. The molecule has 0 aromatic carbocycles. The lowest BCUT2D eigenvalue weighted by Crippen LogP contribution is -2.39. The summed E-state index contributed by atoms with van der Waals surface area (Å²) in [5.74, 6) is 1.62. The van der Waals surface area contributed by atoms with Crippen LogP contribution in [-0.2, 0) is 0 Å². The fourth-order valence-electron chi connectivity index (χ4n) is 2.44. The molecular weight excluding hydrogens is 248 g/mol. The van der Waals surface area contributed by atoms with Crippen LogP contribution in [0.2, 0.25) is 0 Å². The van der Waals surface area contributed by atoms with Crippen molar-refractivity contribution < 1.29 is 0 Å². The molecule has 3 atom stereocenters. The van der Waals surface area contributed by atoms with Gasteiger partial charge in [0.1, 0.15) is 4.34 Å². The molecular formula is C13H22N2S2. The Morgan fingerprint density at radius 1 is 1.47 bits per heavy atom. The van der Waals surface area contributed by atoms with Crippen molar-refractivity contribution in [3.63, 3.8) is 0 Å². The predicted octanol–water partition coefficient (Wildman–Crippen LogP) is 3.70. The van der Waals surface area contributed by atoms with Gasteiger partial charge in [-0.15, -0.1) is 11.3 Å². The molecule has 1 aromatic rings. The third-order valence-electron chi connectivity index (χ3n) is 3.68. The zero-order chi connectivity index (χ0) is 12.4. The summed E-state index contributed by atoms with van der Waals surface area (Å²) >= 11 is 3.65. The zero-order valence-electron chi connectivity index (χ0n) is 10.8. The predicted molar refractivity (Wildman–Crippen MR) is 76.7 cm³/mol. The molecule has 2 rings (SSSR count). The van der Waals surface area contributed by atoms with E-state index in [1.807, 2.05) is 11.8 Å². The second kappa shape index (κ2) is 5.72. The molecule has 0 radical (unpaired) electrons. The van der Waals surface area contributed by atoms with Gasteiger partial charge in [-0.25, -0.2) is 4.98 Å². The lowest BCUT2D eigenvalue weighted by Gasteiger charge is -2.35. The van der Waals surface area contributed by atoms with Crippen LogP contribution in [-0.4, -0.2) is 16.3 Å². The van der Waals surface area contributed by atoms with Gasteiger partial charge < -0.3 is 5.73 Å². The minimum absolute atomic E-state index is 0.346. The summed E-state index contributed by atoms with van der Waals surface area (Å²) in [5.41, 5.74) is 7.38. The van der Waals surface area contributed by atoms with E-state index in [4.69, 9.17) is 5.73 Å². The number of rotatable bonds is 3. The molecule has 0 aliphatic heterocycles. The summed E-state index contributed by atoms with van der Waals surface area (Å²) in [6, 6.07) is 0.346. The van der Waals surface area contributed by atoms with E-state index >= 15 is 0 Å². The van der Waals surface area contributed by atoms with Crippen LogP contribution in [0.3, 0.4) is 0 Å². The van der Waals surface area contributed by atoms with Crippen LogP contribution in [0.4, 0.5) is 0 Å². The largest absolute Gasteiger partial charge is 0.327 e. The van der Waals surface area contributed by atoms with E-state index in [1.165, 1.54) is 23.6 Å². The summed E-state index contributed by atoms with van der Waals surface area (Å²) in [6.07, 6.45) is 3.72. The topological polar surface area (TPSA) is 38.9 Å². The number of aromatic nitrogens is 1. The highest BCUT2D eigenvalue weighted by Crippen LogP contribution is 2.39. The van der Waals surface area contributed by atoms with Crippen molar-refractivity contribution in [2.24, 2.45) is 17.6 Å². The summed E-state index contributed by atoms with van der Waals surface area (Å²) in [5, 5.41) is 2.68. The number of aryl methyl sites for hydroxylation is 1. The van der Waals surface area contributed by atoms with Crippen molar-refractivity contribution in [3.05, 3.63) is 11.1 Å². The van der Waals surface area contributed by atoms with Gasteiger partial charge in [0, 0.05) is 22.4 Å². The van der Waals surface area contributed by atoms with E-state index in [0.717, 1.165) is 17.5 Å². The molecule has 96 valence electrons. The third-order valence-corrected chi connectivity index (χ3v) is 6.14. The third kappa shape index (κ3) is 3.46. The molecule has 1 aliphatic carbocycles. The minimum Gasteiger partial charge on any atom is -0.327 e. The Labute approximate surface area is 112 Å². The molecule has 0 spiro atoms. The molecule has 4 heteroatoms. The van der Waals surface area contributed by atoms with E-state index in [9.17, 15) is 0 Å². The average molecular weight is 270 g/mol. The first-order valence-electron chi connectivity index (χ1n) is 6.40. The van der Waals surface area contributed by atoms with Gasteiger partial charge in [0.25, 0.3) is 0 Å². The summed E-state index contributed by atoms with van der Waals surface area (Å²) in [7, 11) is 0. The summed E-state index contributed by atoms with van der Waals surface area (Å²) in [6.45, 7) is 6.71. The van der Waals surface area contributed by atoms with Gasteiger partial charge >= 0.3 is 0 Å². The van der Waals surface area contributed by atoms with Gasteiger partial charge in [0.2, 0.25) is 0 Å². The maximum Gasteiger partial charge on any atom is 0.150 e. The molecule has 3 unspecified atom stereocenters. The first kappa shape index (κ1) is 13.4. The fourth-order valence-corrected chi connectivity index (χ4v) is 4.81. The van der Waals surface area contributed by atoms with Gasteiger partial charge in [-0.05, 0) is 38.0 Å². The number of nitrogens with two attached hydrogens (primary N) is 1. The second-order valence-corrected chi connectivity index (χ2v) is 7.74. The quantitative estimate of drug-likeness (QED) is 0.910. The van der Waals surface area contributed by atoms with E-state index < -0.39 is 0 Å². The van der Waals surface area contributed by atoms with Gasteiger partial charge in [0.15, 0.2) is 0 Å². The van der Waals surface area contributed by atoms with Crippen LogP contribution in [0.5, 0.6) is 0 Å². The Morgan fingerprint density at radius 3 is 2.82 bits per heavy atom. The van der Waals surface area contributed by atoms with Gasteiger partial charge in [-0.2, -0.15) is 0 Å². The Hall–Kier alpha value is -0.0600. The normalized spacial score (nSPS) is 29.8. The first-order chi connectivity index (χ1) is 8.06. The Balaban J connectivity index is 1.98. The zero-order valence-corrected chi connectivity index (χ0v) is 12.5. The highest BCUT2D eigenvalue weighted by Gasteiger charge is 2.30. The highest BCUT2D eigenvalue weighted by atomic mass is 32.2. The van der Waals surface area contributed by atoms with Crippen LogP contribution in [0.25, 0.3) is 0 Å². The van der Waals surface area contributed by atoms with Crippen molar-refractivity contribution in [2.75, 3.05) is 0 Å². The van der Waals surface area contributed by atoms with E-state index in [-0.39, 0.29) is 0 Å². The van der Waals surface area contributed by atoms with Crippen molar-refractivity contribution >= 4 is 23.1 Å². The molecule has 2 nitrogen and oxygen atoms in total. The minimum atomic E-state index is 0.346. The molecule has 1 fully saturated rings. The van der Waals surface area contributed by atoms with Crippen LogP contribution >= 0.6 is 23.1 Å². The Bertz CT molecular complexity index is 362. The van der Waals surface area contributed by atoms with Crippen molar-refractivity contribution in [3.8, 4) is 0 Å². The lowest BCUT2D eigenvalue weighted by atomic mass is 9.79. The SMILES string of the molecule is Cc1csc(SC2CC(C(C)C)CCC2N)n1. The Morgan fingerprint density at radius 2 is 2.24 bits per heavy atom. The van der Waals surface area contributed by atoms with Gasteiger partial charge in [-0.3, -0.25) is 0 Å². The van der Waals surface area contributed by atoms with Gasteiger partial charge in [0.05, 0.1) is 0 Å². The molecule has 1 heterocycles. The molecule has 0 saturated heterocycles. The van der Waals surface area contributed by atoms with Crippen molar-refractivity contribution in [1.29, 1.82) is 0 Å². The number of thiazole rings is 1. The highest BCUT2D eigenvalue weighted by molar-refractivity contribution is 8.01. The fraction of sp³-hybridized carbons (Fsp3) is 0.769. The first-order valence-corrected chi connectivity index (χ1v) is 8.16. The molecule has 1 saturated carbocycles. The molecule has 0 bridgehead atoms. The van der Waals surface area contributed by atoms with Gasteiger partial charge in [-0.1, -0.05) is 25.6 Å². The van der Waals surface area contributed by atoms with Crippen LogP contribution in [0, 0.1) is 18.8 Å².